The van der Waals surface area contributed by atoms with E-state index in [0.29, 0.717) is 0 Å². The van der Waals surface area contributed by atoms with E-state index in [9.17, 15) is 0 Å². The van der Waals surface area contributed by atoms with Crippen molar-refractivity contribution in [1.82, 2.24) is 4.98 Å². The van der Waals surface area contributed by atoms with E-state index in [4.69, 9.17) is 4.74 Å². The van der Waals surface area contributed by atoms with Gasteiger partial charge in [-0.3, -0.25) is 4.98 Å². The van der Waals surface area contributed by atoms with Crippen molar-refractivity contribution in [1.29, 1.82) is 0 Å². The number of hydrogen-bond acceptors (Lipinski definition) is 2. The summed E-state index contributed by atoms with van der Waals surface area (Å²) >= 11 is 0. The highest BCUT2D eigenvalue weighted by Crippen LogP contribution is 2.25. The number of ether oxygens (including phenoxy) is 1. The normalized spacial score (nSPS) is 12.2. The highest BCUT2D eigenvalue weighted by Gasteiger charge is 2.08. The first-order chi connectivity index (χ1) is 9.74. The monoisotopic (exact) mass is 269 g/mol. The quantitative estimate of drug-likeness (QED) is 0.756. The van der Waals surface area contributed by atoms with E-state index in [0.717, 1.165) is 29.3 Å². The minimum absolute atomic E-state index is 0.763. The molecule has 0 radical (unpaired) electrons. The van der Waals surface area contributed by atoms with Crippen LogP contribution in [0.25, 0.3) is 11.3 Å². The maximum atomic E-state index is 5.21. The predicted molar refractivity (Wildman–Crippen MR) is 84.0 cm³/mol. The van der Waals surface area contributed by atoms with Gasteiger partial charge in [-0.15, -0.1) is 0 Å². The fourth-order valence-corrected chi connectivity index (χ4v) is 2.26. The van der Waals surface area contributed by atoms with Gasteiger partial charge >= 0.3 is 0 Å². The minimum Gasteiger partial charge on any atom is -0.497 e. The van der Waals surface area contributed by atoms with Crippen molar-refractivity contribution in [2.75, 3.05) is 7.11 Å². The summed E-state index contributed by atoms with van der Waals surface area (Å²) in [6, 6.07) is 12.3. The SMILES string of the molecule is CCC(C)CCc1cccnc1-c1ccc(OC)cc1. The lowest BCUT2D eigenvalue weighted by Gasteiger charge is -2.12. The van der Waals surface area contributed by atoms with Gasteiger partial charge in [-0.2, -0.15) is 0 Å². The van der Waals surface area contributed by atoms with Gasteiger partial charge in [0.1, 0.15) is 5.75 Å². The first-order valence-corrected chi connectivity index (χ1v) is 7.33. The molecule has 0 bridgehead atoms. The molecule has 0 N–H and O–H groups in total. The average molecular weight is 269 g/mol. The molecule has 106 valence electrons. The molecule has 0 fully saturated rings. The Hall–Kier alpha value is -1.83. The number of aryl methyl sites for hydroxylation is 1. The van der Waals surface area contributed by atoms with Crippen LogP contribution >= 0.6 is 0 Å². The second-order valence-corrected chi connectivity index (χ2v) is 5.29. The Morgan fingerprint density at radius 2 is 1.90 bits per heavy atom. The summed E-state index contributed by atoms with van der Waals surface area (Å²) in [6.07, 6.45) is 5.40. The molecular formula is C18H23NO. The molecule has 0 aliphatic carbocycles. The van der Waals surface area contributed by atoms with Crippen molar-refractivity contribution in [3.63, 3.8) is 0 Å². The largest absolute Gasteiger partial charge is 0.497 e. The van der Waals surface area contributed by atoms with Crippen molar-refractivity contribution in [2.45, 2.75) is 33.1 Å². The summed E-state index contributed by atoms with van der Waals surface area (Å²) in [5.41, 5.74) is 3.59. The average Bonchev–Trinajstić information content (AvgIpc) is 2.53. The number of nitrogens with zero attached hydrogens (tertiary/aromatic N) is 1. The molecule has 1 aromatic carbocycles. The molecule has 2 rings (SSSR count). The van der Waals surface area contributed by atoms with E-state index in [1.807, 2.05) is 24.4 Å². The Morgan fingerprint density at radius 1 is 1.15 bits per heavy atom. The van der Waals surface area contributed by atoms with Gasteiger partial charge in [-0.1, -0.05) is 26.3 Å². The number of hydrogen-bond donors (Lipinski definition) is 0. The molecule has 0 aliphatic rings. The van der Waals surface area contributed by atoms with Crippen LogP contribution in [0.4, 0.5) is 0 Å². The molecule has 0 aliphatic heterocycles. The highest BCUT2D eigenvalue weighted by atomic mass is 16.5. The van der Waals surface area contributed by atoms with E-state index in [2.05, 4.69) is 37.0 Å². The molecule has 1 heterocycles. The molecule has 0 saturated carbocycles. The van der Waals surface area contributed by atoms with Crippen molar-refractivity contribution < 1.29 is 4.74 Å². The van der Waals surface area contributed by atoms with E-state index in [-0.39, 0.29) is 0 Å². The lowest BCUT2D eigenvalue weighted by molar-refractivity contribution is 0.415. The number of rotatable bonds is 6. The number of methoxy groups -OCH3 is 1. The van der Waals surface area contributed by atoms with Gasteiger partial charge in [-0.25, -0.2) is 0 Å². The fourth-order valence-electron chi connectivity index (χ4n) is 2.26. The third-order valence-electron chi connectivity index (χ3n) is 3.86. The summed E-state index contributed by atoms with van der Waals surface area (Å²) in [4.78, 5) is 4.57. The second kappa shape index (κ2) is 7.09. The molecule has 2 nitrogen and oxygen atoms in total. The molecule has 2 aromatic rings. The minimum atomic E-state index is 0.763. The smallest absolute Gasteiger partial charge is 0.118 e. The van der Waals surface area contributed by atoms with Crippen LogP contribution in [0, 0.1) is 5.92 Å². The van der Waals surface area contributed by atoms with Crippen LogP contribution in [0.1, 0.15) is 32.3 Å². The third kappa shape index (κ3) is 3.60. The van der Waals surface area contributed by atoms with Crippen LogP contribution in [-0.4, -0.2) is 12.1 Å². The first kappa shape index (κ1) is 14.6. The van der Waals surface area contributed by atoms with Gasteiger partial charge in [0.2, 0.25) is 0 Å². The van der Waals surface area contributed by atoms with E-state index < -0.39 is 0 Å². The molecule has 1 aromatic heterocycles. The lowest BCUT2D eigenvalue weighted by Crippen LogP contribution is -1.98. The zero-order chi connectivity index (χ0) is 14.4. The summed E-state index contributed by atoms with van der Waals surface area (Å²) in [5, 5.41) is 0. The number of aromatic nitrogens is 1. The fraction of sp³-hybridized carbons (Fsp3) is 0.389. The molecule has 2 heteroatoms. The zero-order valence-corrected chi connectivity index (χ0v) is 12.6. The van der Waals surface area contributed by atoms with Crippen molar-refractivity contribution in [3.05, 3.63) is 48.2 Å². The first-order valence-electron chi connectivity index (χ1n) is 7.33. The van der Waals surface area contributed by atoms with Gasteiger partial charge in [-0.05, 0) is 54.7 Å². The summed E-state index contributed by atoms with van der Waals surface area (Å²) in [7, 11) is 1.69. The molecule has 1 unspecified atom stereocenters. The van der Waals surface area contributed by atoms with Crippen LogP contribution in [0.3, 0.4) is 0 Å². The van der Waals surface area contributed by atoms with Crippen LogP contribution in [0.5, 0.6) is 5.75 Å². The zero-order valence-electron chi connectivity index (χ0n) is 12.6. The van der Waals surface area contributed by atoms with Crippen molar-refractivity contribution in [2.24, 2.45) is 5.92 Å². The Kier molecular flexibility index (Phi) is 5.16. The Labute approximate surface area is 121 Å². The predicted octanol–water partition coefficient (Wildman–Crippen LogP) is 4.74. The Balaban J connectivity index is 2.22. The van der Waals surface area contributed by atoms with Crippen molar-refractivity contribution >= 4 is 0 Å². The lowest BCUT2D eigenvalue weighted by atomic mass is 9.96. The van der Waals surface area contributed by atoms with Gasteiger partial charge in [0, 0.05) is 11.8 Å². The van der Waals surface area contributed by atoms with Crippen molar-refractivity contribution in [3.8, 4) is 17.0 Å². The number of pyridine rings is 1. The van der Waals surface area contributed by atoms with Crippen LogP contribution < -0.4 is 4.74 Å². The van der Waals surface area contributed by atoms with E-state index >= 15 is 0 Å². The Morgan fingerprint density at radius 3 is 2.55 bits per heavy atom. The Bertz CT molecular complexity index is 533. The van der Waals surface area contributed by atoms with Crippen LogP contribution in [0.15, 0.2) is 42.6 Å². The van der Waals surface area contributed by atoms with E-state index in [1.54, 1.807) is 7.11 Å². The summed E-state index contributed by atoms with van der Waals surface area (Å²) < 4.78 is 5.21. The van der Waals surface area contributed by atoms with Gasteiger partial charge in [0.15, 0.2) is 0 Å². The molecule has 0 amide bonds. The molecular weight excluding hydrogens is 246 g/mol. The molecule has 1 atom stereocenters. The van der Waals surface area contributed by atoms with E-state index in [1.165, 1.54) is 18.4 Å². The molecule has 0 spiro atoms. The summed E-state index contributed by atoms with van der Waals surface area (Å²) in [6.45, 7) is 4.56. The molecule has 20 heavy (non-hydrogen) atoms. The maximum absolute atomic E-state index is 5.21. The third-order valence-corrected chi connectivity index (χ3v) is 3.86. The maximum Gasteiger partial charge on any atom is 0.118 e. The second-order valence-electron chi connectivity index (χ2n) is 5.29. The highest BCUT2D eigenvalue weighted by molar-refractivity contribution is 5.63. The van der Waals surface area contributed by atoms with Crippen LogP contribution in [-0.2, 0) is 6.42 Å². The molecule has 0 saturated heterocycles. The standard InChI is InChI=1S/C18H23NO/c1-4-14(2)7-8-15-6-5-13-19-18(15)16-9-11-17(20-3)12-10-16/h5-6,9-14H,4,7-8H2,1-3H3. The summed E-state index contributed by atoms with van der Waals surface area (Å²) in [5.74, 6) is 1.64. The van der Waals surface area contributed by atoms with Crippen LogP contribution in [0.2, 0.25) is 0 Å². The topological polar surface area (TPSA) is 22.1 Å². The number of benzene rings is 1. The van der Waals surface area contributed by atoms with Gasteiger partial charge < -0.3 is 4.74 Å². The van der Waals surface area contributed by atoms with Gasteiger partial charge in [0.05, 0.1) is 12.8 Å². The van der Waals surface area contributed by atoms with Gasteiger partial charge in [0.25, 0.3) is 0 Å².